The molecule has 0 saturated heterocycles. The summed E-state index contributed by atoms with van der Waals surface area (Å²) in [5.41, 5.74) is 1.05. The van der Waals surface area contributed by atoms with E-state index in [2.05, 4.69) is 10.3 Å². The fourth-order valence-corrected chi connectivity index (χ4v) is 6.89. The lowest BCUT2D eigenvalue weighted by atomic mass is 9.99. The van der Waals surface area contributed by atoms with Gasteiger partial charge in [-0.15, -0.1) is 11.3 Å². The minimum absolute atomic E-state index is 0.0789. The van der Waals surface area contributed by atoms with Crippen molar-refractivity contribution in [2.75, 3.05) is 32.1 Å². The number of para-hydroxylation sites is 2. The first-order chi connectivity index (χ1) is 20.5. The van der Waals surface area contributed by atoms with Crippen molar-refractivity contribution in [2.45, 2.75) is 30.9 Å². The van der Waals surface area contributed by atoms with Gasteiger partial charge >= 0.3 is 0 Å². The number of rotatable bonds is 8. The highest BCUT2D eigenvalue weighted by molar-refractivity contribution is 7.89. The van der Waals surface area contributed by atoms with Crippen molar-refractivity contribution in [1.29, 1.82) is 0 Å². The molecule has 0 unspecified atom stereocenters. The van der Waals surface area contributed by atoms with Crippen LogP contribution in [0.3, 0.4) is 0 Å². The second kappa shape index (κ2) is 12.4. The number of hydrogen-bond acceptors (Lipinski definition) is 8. The van der Waals surface area contributed by atoms with Crippen molar-refractivity contribution in [2.24, 2.45) is 5.92 Å². The van der Waals surface area contributed by atoms with E-state index in [4.69, 9.17) is 4.74 Å². The number of halogens is 1. The molecule has 0 saturated carbocycles. The van der Waals surface area contributed by atoms with E-state index in [1.807, 2.05) is 31.2 Å². The summed E-state index contributed by atoms with van der Waals surface area (Å²) in [7, 11) is -2.61. The molecule has 4 aromatic rings. The third-order valence-electron chi connectivity index (χ3n) is 7.39. The van der Waals surface area contributed by atoms with Gasteiger partial charge in [0.2, 0.25) is 10.0 Å². The van der Waals surface area contributed by atoms with Crippen LogP contribution in [0.1, 0.15) is 34.0 Å². The molecule has 10 nitrogen and oxygen atoms in total. The maximum absolute atomic E-state index is 13.7. The highest BCUT2D eigenvalue weighted by Crippen LogP contribution is 2.36. The number of aliphatic hydroxyl groups excluding tert-OH is 1. The molecule has 3 aromatic carbocycles. The van der Waals surface area contributed by atoms with Crippen LogP contribution in [0.25, 0.3) is 10.2 Å². The number of aromatic nitrogens is 1. The molecule has 0 radical (unpaired) electrons. The minimum atomic E-state index is -4.01. The van der Waals surface area contributed by atoms with E-state index in [9.17, 15) is 27.5 Å². The number of hydrogen-bond donors (Lipinski definition) is 2. The van der Waals surface area contributed by atoms with Crippen molar-refractivity contribution in [1.82, 2.24) is 14.2 Å². The highest BCUT2D eigenvalue weighted by atomic mass is 32.2. The van der Waals surface area contributed by atoms with Gasteiger partial charge in [0, 0.05) is 19.5 Å². The summed E-state index contributed by atoms with van der Waals surface area (Å²) in [6, 6.07) is 16.1. The van der Waals surface area contributed by atoms with Gasteiger partial charge in [0.25, 0.3) is 11.8 Å². The van der Waals surface area contributed by atoms with Gasteiger partial charge < -0.3 is 20.1 Å². The van der Waals surface area contributed by atoms with Crippen LogP contribution in [0, 0.1) is 11.7 Å². The number of benzene rings is 3. The number of amides is 2. The standard InChI is InChI=1S/C30H31FN4O6S2/c1-18-15-35(19(2)17-36)30(38)22-7-6-9-24(32-28(37)29-33-23-8-4-5-10-26(23)42-29)27(22)41-25(18)16-34(3)43(39,40)21-13-11-20(31)12-14-21/h4-14,18-19,25,36H,15-17H2,1-3H3,(H,32,37)/t18-,19+,25-/m1/s1. The second-order valence-corrected chi connectivity index (χ2v) is 13.6. The number of sulfonamides is 1. The van der Waals surface area contributed by atoms with E-state index in [0.29, 0.717) is 5.52 Å². The van der Waals surface area contributed by atoms with E-state index in [1.54, 1.807) is 25.1 Å². The van der Waals surface area contributed by atoms with Crippen LogP contribution >= 0.6 is 11.3 Å². The Morgan fingerprint density at radius 2 is 1.91 bits per heavy atom. The van der Waals surface area contributed by atoms with Gasteiger partial charge in [-0.25, -0.2) is 17.8 Å². The second-order valence-electron chi connectivity index (χ2n) is 10.5. The summed E-state index contributed by atoms with van der Waals surface area (Å²) in [5.74, 6) is -1.76. The van der Waals surface area contributed by atoms with Gasteiger partial charge in [0.1, 0.15) is 11.9 Å². The van der Waals surface area contributed by atoms with Crippen molar-refractivity contribution in [3.8, 4) is 5.75 Å². The number of aliphatic hydroxyl groups is 1. The van der Waals surface area contributed by atoms with E-state index in [0.717, 1.165) is 21.1 Å². The Morgan fingerprint density at radius 3 is 2.60 bits per heavy atom. The summed E-state index contributed by atoms with van der Waals surface area (Å²) >= 11 is 1.22. The molecular formula is C30H31FN4O6S2. The Morgan fingerprint density at radius 1 is 1.19 bits per heavy atom. The number of carbonyl (C=O) groups is 2. The number of likely N-dealkylation sites (N-methyl/N-ethyl adjacent to an activating group) is 1. The van der Waals surface area contributed by atoms with Crippen molar-refractivity contribution < 1.29 is 32.2 Å². The van der Waals surface area contributed by atoms with E-state index in [1.165, 1.54) is 35.4 Å². The van der Waals surface area contributed by atoms with Crippen LogP contribution in [0.2, 0.25) is 0 Å². The lowest BCUT2D eigenvalue weighted by molar-refractivity contribution is 0.0388. The van der Waals surface area contributed by atoms with E-state index < -0.39 is 45.7 Å². The van der Waals surface area contributed by atoms with E-state index in [-0.39, 0.29) is 46.6 Å². The average Bonchev–Trinajstić information content (AvgIpc) is 3.44. The third kappa shape index (κ3) is 6.25. The van der Waals surface area contributed by atoms with Crippen LogP contribution in [-0.2, 0) is 10.0 Å². The molecule has 0 bridgehead atoms. The number of carbonyl (C=O) groups excluding carboxylic acids is 2. The number of nitrogens with zero attached hydrogens (tertiary/aromatic N) is 3. The van der Waals surface area contributed by atoms with Gasteiger partial charge in [-0.1, -0.05) is 25.1 Å². The monoisotopic (exact) mass is 626 g/mol. The van der Waals surface area contributed by atoms with Crippen LogP contribution in [0.4, 0.5) is 10.1 Å². The summed E-state index contributed by atoms with van der Waals surface area (Å²) in [4.78, 5) is 32.9. The zero-order valence-electron chi connectivity index (χ0n) is 23.7. The van der Waals surface area contributed by atoms with Gasteiger partial charge in [-0.2, -0.15) is 4.31 Å². The first-order valence-electron chi connectivity index (χ1n) is 13.6. The number of ether oxygens (including phenoxy) is 1. The smallest absolute Gasteiger partial charge is 0.284 e. The lowest BCUT2D eigenvalue weighted by Crippen LogP contribution is -2.50. The summed E-state index contributed by atoms with van der Waals surface area (Å²) in [6.45, 7) is 3.31. The number of anilines is 1. The summed E-state index contributed by atoms with van der Waals surface area (Å²) < 4.78 is 48.5. The average molecular weight is 627 g/mol. The summed E-state index contributed by atoms with van der Waals surface area (Å²) in [5, 5.41) is 13.0. The van der Waals surface area contributed by atoms with Crippen LogP contribution in [0.5, 0.6) is 5.75 Å². The molecule has 2 amide bonds. The lowest BCUT2D eigenvalue weighted by Gasteiger charge is -2.38. The van der Waals surface area contributed by atoms with E-state index >= 15 is 0 Å². The minimum Gasteiger partial charge on any atom is -0.486 e. The molecule has 2 heterocycles. The molecule has 0 spiro atoms. The molecule has 1 aliphatic rings. The highest BCUT2D eigenvalue weighted by Gasteiger charge is 2.36. The maximum Gasteiger partial charge on any atom is 0.284 e. The predicted octanol–water partition coefficient (Wildman–Crippen LogP) is 4.23. The quantitative estimate of drug-likeness (QED) is 0.300. The molecule has 5 rings (SSSR count). The van der Waals surface area contributed by atoms with Gasteiger partial charge in [-0.3, -0.25) is 9.59 Å². The van der Waals surface area contributed by atoms with Gasteiger partial charge in [0.15, 0.2) is 10.8 Å². The predicted molar refractivity (Wildman–Crippen MR) is 161 cm³/mol. The SMILES string of the molecule is C[C@@H]1CN([C@@H](C)CO)C(=O)c2cccc(NC(=O)c3nc4ccccc4s3)c2O[C@@H]1CN(C)S(=O)(=O)c1ccc(F)cc1. The molecular weight excluding hydrogens is 595 g/mol. The van der Waals surface area contributed by atoms with Gasteiger partial charge in [-0.05, 0) is 55.5 Å². The first-order valence-corrected chi connectivity index (χ1v) is 15.9. The topological polar surface area (TPSA) is 129 Å². The normalized spacial score (nSPS) is 18.1. The Balaban J connectivity index is 1.51. The molecule has 0 fully saturated rings. The van der Waals surface area contributed by atoms with Crippen LogP contribution < -0.4 is 10.1 Å². The number of fused-ring (bicyclic) bond motifs is 2. The van der Waals surface area contributed by atoms with Crippen molar-refractivity contribution in [3.05, 3.63) is 83.1 Å². The van der Waals surface area contributed by atoms with Crippen LogP contribution in [-0.4, -0.2) is 78.4 Å². The third-order valence-corrected chi connectivity index (χ3v) is 10.3. The molecule has 0 aliphatic carbocycles. The Labute approximate surface area is 252 Å². The summed E-state index contributed by atoms with van der Waals surface area (Å²) in [6.07, 6.45) is -0.777. The van der Waals surface area contributed by atoms with Crippen molar-refractivity contribution >= 4 is 49.1 Å². The molecule has 1 aromatic heterocycles. The fourth-order valence-electron chi connectivity index (χ4n) is 4.84. The molecule has 43 heavy (non-hydrogen) atoms. The number of nitrogens with one attached hydrogen (secondary N) is 1. The molecule has 13 heteroatoms. The Kier molecular flexibility index (Phi) is 8.79. The van der Waals surface area contributed by atoms with Crippen molar-refractivity contribution in [3.63, 3.8) is 0 Å². The Bertz CT molecular complexity index is 1730. The van der Waals surface area contributed by atoms with Gasteiger partial charge in [0.05, 0.1) is 45.6 Å². The van der Waals surface area contributed by atoms with Crippen LogP contribution in [0.15, 0.2) is 71.6 Å². The zero-order valence-corrected chi connectivity index (χ0v) is 25.4. The molecule has 2 N–H and O–H groups in total. The first kappa shape index (κ1) is 30.5. The number of thiazole rings is 1. The maximum atomic E-state index is 13.7. The molecule has 226 valence electrons. The molecule has 3 atom stereocenters. The Hall–Kier alpha value is -3.91. The fraction of sp³-hybridized carbons (Fsp3) is 0.300. The zero-order chi connectivity index (χ0) is 30.9. The largest absolute Gasteiger partial charge is 0.486 e. The molecule has 1 aliphatic heterocycles.